The summed E-state index contributed by atoms with van der Waals surface area (Å²) < 4.78 is 0. The van der Waals surface area contributed by atoms with E-state index in [1.165, 1.54) is 5.69 Å². The van der Waals surface area contributed by atoms with Gasteiger partial charge in [0.1, 0.15) is 0 Å². The molecule has 2 aromatic heterocycles. The maximum absolute atomic E-state index is 12.2. The van der Waals surface area contributed by atoms with Crippen molar-refractivity contribution in [1.82, 2.24) is 20.5 Å². The highest BCUT2D eigenvalue weighted by atomic mass is 16.1. The van der Waals surface area contributed by atoms with E-state index < -0.39 is 0 Å². The van der Waals surface area contributed by atoms with Crippen LogP contribution in [-0.2, 0) is 6.54 Å². The van der Waals surface area contributed by atoms with Crippen LogP contribution in [0.4, 0.5) is 17.2 Å². The number of benzene rings is 1. The van der Waals surface area contributed by atoms with Crippen molar-refractivity contribution in [2.45, 2.75) is 20.4 Å². The van der Waals surface area contributed by atoms with Crippen molar-refractivity contribution in [2.75, 3.05) is 23.3 Å². The Morgan fingerprint density at radius 2 is 1.64 bits per heavy atom. The second kappa shape index (κ2) is 9.45. The smallest absolute Gasteiger partial charge is 0.272 e. The van der Waals surface area contributed by atoms with E-state index in [4.69, 9.17) is 0 Å². The van der Waals surface area contributed by atoms with Crippen LogP contribution in [0.3, 0.4) is 0 Å². The molecule has 1 aromatic carbocycles. The highest BCUT2D eigenvalue weighted by molar-refractivity contribution is 5.92. The molecule has 0 spiro atoms. The molecule has 0 fully saturated rings. The van der Waals surface area contributed by atoms with Gasteiger partial charge in [0.25, 0.3) is 5.91 Å². The second-order valence-corrected chi connectivity index (χ2v) is 6.19. The quantitative estimate of drug-likeness (QED) is 0.627. The summed E-state index contributed by atoms with van der Waals surface area (Å²) in [4.78, 5) is 18.4. The Labute approximate surface area is 164 Å². The van der Waals surface area contributed by atoms with E-state index in [0.717, 1.165) is 24.3 Å². The molecule has 28 heavy (non-hydrogen) atoms. The Balaban J connectivity index is 1.57. The van der Waals surface area contributed by atoms with Gasteiger partial charge in [-0.25, -0.2) is 0 Å². The highest BCUT2D eigenvalue weighted by Gasteiger charge is 2.08. The van der Waals surface area contributed by atoms with Crippen LogP contribution in [0, 0.1) is 0 Å². The van der Waals surface area contributed by atoms with Crippen LogP contribution in [0.25, 0.3) is 0 Å². The molecule has 0 aliphatic rings. The van der Waals surface area contributed by atoms with Crippen LogP contribution >= 0.6 is 0 Å². The van der Waals surface area contributed by atoms with E-state index in [0.29, 0.717) is 12.4 Å². The summed E-state index contributed by atoms with van der Waals surface area (Å²) in [6.07, 6.45) is 3.38. The van der Waals surface area contributed by atoms with Crippen molar-refractivity contribution in [1.29, 1.82) is 0 Å². The molecule has 7 nitrogen and oxygen atoms in total. The molecule has 3 rings (SSSR count). The van der Waals surface area contributed by atoms with E-state index in [-0.39, 0.29) is 11.6 Å². The van der Waals surface area contributed by atoms with Gasteiger partial charge in [-0.1, -0.05) is 0 Å². The summed E-state index contributed by atoms with van der Waals surface area (Å²) >= 11 is 0. The lowest BCUT2D eigenvalue weighted by Gasteiger charge is -2.21. The first-order valence-corrected chi connectivity index (χ1v) is 9.32. The van der Waals surface area contributed by atoms with E-state index in [2.05, 4.69) is 56.7 Å². The van der Waals surface area contributed by atoms with Gasteiger partial charge in [0, 0.05) is 43.4 Å². The van der Waals surface area contributed by atoms with Gasteiger partial charge in [0.2, 0.25) is 0 Å². The van der Waals surface area contributed by atoms with Gasteiger partial charge in [-0.15, -0.1) is 10.2 Å². The fourth-order valence-corrected chi connectivity index (χ4v) is 2.79. The Hall–Kier alpha value is -3.48. The Morgan fingerprint density at radius 3 is 2.25 bits per heavy atom. The summed E-state index contributed by atoms with van der Waals surface area (Å²) in [7, 11) is 0. The zero-order valence-electron chi connectivity index (χ0n) is 16.1. The average Bonchev–Trinajstić information content (AvgIpc) is 2.75. The number of rotatable bonds is 8. The molecule has 2 N–H and O–H groups in total. The van der Waals surface area contributed by atoms with Gasteiger partial charge in [0.05, 0.1) is 0 Å². The van der Waals surface area contributed by atoms with Crippen LogP contribution < -0.4 is 15.5 Å². The summed E-state index contributed by atoms with van der Waals surface area (Å²) in [6.45, 7) is 6.64. The second-order valence-electron chi connectivity index (χ2n) is 6.19. The minimum atomic E-state index is -0.264. The van der Waals surface area contributed by atoms with Crippen molar-refractivity contribution >= 4 is 23.1 Å². The van der Waals surface area contributed by atoms with Crippen LogP contribution in [0.15, 0.2) is 60.9 Å². The standard InChI is InChI=1S/C21H24N6O/c1-3-27(4-2)18-7-5-17(6-8-18)24-20-10-9-19(25-26-20)21(28)23-15-16-11-13-22-14-12-16/h5-14H,3-4,15H2,1-2H3,(H,23,28)(H,24,26). The molecule has 0 aliphatic carbocycles. The van der Waals surface area contributed by atoms with Crippen LogP contribution in [-0.4, -0.2) is 34.2 Å². The molecule has 7 heteroatoms. The number of hydrogen-bond donors (Lipinski definition) is 2. The number of pyridine rings is 1. The Bertz CT molecular complexity index is 877. The molecule has 0 saturated carbocycles. The SMILES string of the molecule is CCN(CC)c1ccc(Nc2ccc(C(=O)NCc3ccncc3)nn2)cc1. The number of nitrogens with zero attached hydrogens (tertiary/aromatic N) is 4. The number of nitrogens with one attached hydrogen (secondary N) is 2. The third-order valence-electron chi connectivity index (χ3n) is 4.37. The van der Waals surface area contributed by atoms with Gasteiger partial charge in [-0.05, 0) is 67.9 Å². The summed E-state index contributed by atoms with van der Waals surface area (Å²) in [5.74, 6) is 0.320. The van der Waals surface area contributed by atoms with Crippen molar-refractivity contribution in [3.63, 3.8) is 0 Å². The lowest BCUT2D eigenvalue weighted by Crippen LogP contribution is -2.24. The number of anilines is 3. The van der Waals surface area contributed by atoms with Gasteiger partial charge in [-0.3, -0.25) is 9.78 Å². The maximum Gasteiger partial charge on any atom is 0.272 e. The molecular weight excluding hydrogens is 352 g/mol. The normalized spacial score (nSPS) is 10.4. The lowest BCUT2D eigenvalue weighted by molar-refractivity contribution is 0.0945. The molecule has 144 valence electrons. The number of carbonyl (C=O) groups is 1. The zero-order valence-corrected chi connectivity index (χ0v) is 16.1. The lowest BCUT2D eigenvalue weighted by atomic mass is 10.2. The largest absolute Gasteiger partial charge is 0.372 e. The molecule has 1 amide bonds. The average molecular weight is 376 g/mol. The van der Waals surface area contributed by atoms with E-state index >= 15 is 0 Å². The number of amides is 1. The van der Waals surface area contributed by atoms with E-state index in [1.807, 2.05) is 24.3 Å². The van der Waals surface area contributed by atoms with Gasteiger partial charge >= 0.3 is 0 Å². The summed E-state index contributed by atoms with van der Waals surface area (Å²) in [6, 6.07) is 15.3. The van der Waals surface area contributed by atoms with E-state index in [9.17, 15) is 4.79 Å². The fourth-order valence-electron chi connectivity index (χ4n) is 2.79. The third kappa shape index (κ3) is 5.03. The summed E-state index contributed by atoms with van der Waals surface area (Å²) in [5, 5.41) is 14.1. The molecule has 3 aromatic rings. The monoisotopic (exact) mass is 376 g/mol. The predicted octanol–water partition coefficient (Wildman–Crippen LogP) is 3.39. The maximum atomic E-state index is 12.2. The molecule has 0 saturated heterocycles. The minimum Gasteiger partial charge on any atom is -0.372 e. The first-order chi connectivity index (χ1) is 13.7. The van der Waals surface area contributed by atoms with Crippen molar-refractivity contribution in [3.05, 3.63) is 72.2 Å². The van der Waals surface area contributed by atoms with Crippen molar-refractivity contribution < 1.29 is 4.79 Å². The topological polar surface area (TPSA) is 83.0 Å². The fraction of sp³-hybridized carbons (Fsp3) is 0.238. The van der Waals surface area contributed by atoms with Crippen LogP contribution in [0.1, 0.15) is 29.9 Å². The van der Waals surface area contributed by atoms with Crippen LogP contribution in [0.5, 0.6) is 0 Å². The Kier molecular flexibility index (Phi) is 6.51. The molecule has 0 bridgehead atoms. The molecule has 2 heterocycles. The third-order valence-corrected chi connectivity index (χ3v) is 4.37. The molecule has 0 radical (unpaired) electrons. The minimum absolute atomic E-state index is 0.264. The van der Waals surface area contributed by atoms with Gasteiger partial charge < -0.3 is 15.5 Å². The zero-order chi connectivity index (χ0) is 19.8. The molecule has 0 atom stereocenters. The van der Waals surface area contributed by atoms with E-state index in [1.54, 1.807) is 24.5 Å². The van der Waals surface area contributed by atoms with Gasteiger partial charge in [0.15, 0.2) is 11.5 Å². The first kappa shape index (κ1) is 19.3. The Morgan fingerprint density at radius 1 is 0.929 bits per heavy atom. The number of aromatic nitrogens is 3. The summed E-state index contributed by atoms with van der Waals surface area (Å²) in [5.41, 5.74) is 3.35. The highest BCUT2D eigenvalue weighted by Crippen LogP contribution is 2.20. The van der Waals surface area contributed by atoms with Crippen LogP contribution in [0.2, 0.25) is 0 Å². The molecular formula is C21H24N6O. The molecule has 0 unspecified atom stereocenters. The van der Waals surface area contributed by atoms with Crippen molar-refractivity contribution in [2.24, 2.45) is 0 Å². The predicted molar refractivity (Wildman–Crippen MR) is 111 cm³/mol. The number of carbonyl (C=O) groups excluding carboxylic acids is 1. The molecule has 0 aliphatic heterocycles. The first-order valence-electron chi connectivity index (χ1n) is 9.32. The van der Waals surface area contributed by atoms with Crippen molar-refractivity contribution in [3.8, 4) is 0 Å². The number of hydrogen-bond acceptors (Lipinski definition) is 6. The van der Waals surface area contributed by atoms with Gasteiger partial charge in [-0.2, -0.15) is 0 Å².